The number of aryl methyl sites for hydroxylation is 1. The van der Waals surface area contributed by atoms with Gasteiger partial charge in [-0.15, -0.1) is 0 Å². The average molecular weight is 357 g/mol. The maximum absolute atomic E-state index is 13.0. The Morgan fingerprint density at radius 3 is 2.69 bits per heavy atom. The van der Waals surface area contributed by atoms with Gasteiger partial charge in [-0.2, -0.15) is 0 Å². The van der Waals surface area contributed by atoms with E-state index in [-0.39, 0.29) is 18.1 Å². The Morgan fingerprint density at radius 2 is 2.00 bits per heavy atom. The van der Waals surface area contributed by atoms with E-state index in [9.17, 15) is 4.79 Å². The summed E-state index contributed by atoms with van der Waals surface area (Å²) in [5, 5.41) is 0. The SMILES string of the molecule is CCc1nc2ccccc2n1[C@H](C)C(=O)O[C@@H]1C[C@H](C)CC[C@H]1C(C)C. The Balaban J connectivity index is 1.83. The summed E-state index contributed by atoms with van der Waals surface area (Å²) in [5.74, 6) is 2.43. The van der Waals surface area contributed by atoms with Crippen molar-refractivity contribution in [2.45, 2.75) is 72.4 Å². The first-order valence-electron chi connectivity index (χ1n) is 10.1. The molecule has 0 spiro atoms. The van der Waals surface area contributed by atoms with Gasteiger partial charge in [0.1, 0.15) is 18.0 Å². The Bertz CT molecular complexity index is 765. The van der Waals surface area contributed by atoms with Gasteiger partial charge < -0.3 is 9.30 Å². The molecule has 0 bridgehead atoms. The van der Waals surface area contributed by atoms with Crippen LogP contribution in [-0.4, -0.2) is 21.6 Å². The van der Waals surface area contributed by atoms with Gasteiger partial charge in [0.2, 0.25) is 0 Å². The van der Waals surface area contributed by atoms with Crippen molar-refractivity contribution in [2.24, 2.45) is 17.8 Å². The third-order valence-corrected chi connectivity index (χ3v) is 5.94. The van der Waals surface area contributed by atoms with Crippen LogP contribution in [0.4, 0.5) is 0 Å². The van der Waals surface area contributed by atoms with Crippen LogP contribution in [0.1, 0.15) is 65.7 Å². The fourth-order valence-corrected chi connectivity index (χ4v) is 4.38. The summed E-state index contributed by atoms with van der Waals surface area (Å²) in [6, 6.07) is 7.65. The molecule has 1 aliphatic rings. The van der Waals surface area contributed by atoms with Crippen molar-refractivity contribution in [3.63, 3.8) is 0 Å². The molecule has 4 atom stereocenters. The molecule has 1 aliphatic carbocycles. The van der Waals surface area contributed by atoms with Crippen molar-refractivity contribution in [1.29, 1.82) is 0 Å². The number of benzene rings is 1. The van der Waals surface area contributed by atoms with Gasteiger partial charge in [-0.05, 0) is 49.7 Å². The second-order valence-corrected chi connectivity index (χ2v) is 8.22. The van der Waals surface area contributed by atoms with Crippen LogP contribution in [0, 0.1) is 17.8 Å². The second kappa shape index (κ2) is 7.81. The third-order valence-electron chi connectivity index (χ3n) is 5.94. The molecule has 1 aromatic carbocycles. The predicted molar refractivity (Wildman–Crippen MR) is 105 cm³/mol. The summed E-state index contributed by atoms with van der Waals surface area (Å²) in [4.78, 5) is 17.7. The van der Waals surface area contributed by atoms with Crippen LogP contribution in [0.2, 0.25) is 0 Å². The molecule has 0 N–H and O–H groups in total. The molecule has 2 aromatic rings. The minimum Gasteiger partial charge on any atom is -0.461 e. The molecule has 0 amide bonds. The highest BCUT2D eigenvalue weighted by molar-refractivity contribution is 5.81. The monoisotopic (exact) mass is 356 g/mol. The Kier molecular flexibility index (Phi) is 5.69. The van der Waals surface area contributed by atoms with Gasteiger partial charge in [0.25, 0.3) is 0 Å². The molecule has 3 rings (SSSR count). The largest absolute Gasteiger partial charge is 0.461 e. The number of para-hydroxylation sites is 2. The third kappa shape index (κ3) is 3.65. The summed E-state index contributed by atoms with van der Waals surface area (Å²) >= 11 is 0. The Labute approximate surface area is 156 Å². The molecule has 0 saturated heterocycles. The van der Waals surface area contributed by atoms with E-state index in [2.05, 4.69) is 27.7 Å². The van der Waals surface area contributed by atoms with Gasteiger partial charge in [0, 0.05) is 6.42 Å². The zero-order chi connectivity index (χ0) is 18.8. The van der Waals surface area contributed by atoms with E-state index in [1.807, 2.05) is 35.8 Å². The molecule has 4 nitrogen and oxygen atoms in total. The minimum atomic E-state index is -0.359. The topological polar surface area (TPSA) is 44.1 Å². The van der Waals surface area contributed by atoms with Crippen molar-refractivity contribution >= 4 is 17.0 Å². The number of imidazole rings is 1. The number of aromatic nitrogens is 2. The minimum absolute atomic E-state index is 0.0357. The van der Waals surface area contributed by atoms with Crippen LogP contribution >= 0.6 is 0 Å². The zero-order valence-corrected chi connectivity index (χ0v) is 16.7. The smallest absolute Gasteiger partial charge is 0.329 e. The lowest BCUT2D eigenvalue weighted by molar-refractivity contribution is -0.159. The van der Waals surface area contributed by atoms with Crippen LogP contribution in [0.15, 0.2) is 24.3 Å². The summed E-state index contributed by atoms with van der Waals surface area (Å²) in [7, 11) is 0. The standard InChI is InChI=1S/C22H32N2O2/c1-6-21-23-18-9-7-8-10-19(18)24(21)16(5)22(25)26-20-13-15(4)11-12-17(20)14(2)3/h7-10,14-17,20H,6,11-13H2,1-5H3/t15-,16-,17+,20-/m1/s1. The fourth-order valence-electron chi connectivity index (χ4n) is 4.38. The van der Waals surface area contributed by atoms with Gasteiger partial charge in [0.15, 0.2) is 0 Å². The van der Waals surface area contributed by atoms with E-state index in [1.54, 1.807) is 0 Å². The number of hydrogen-bond donors (Lipinski definition) is 0. The number of rotatable bonds is 5. The van der Waals surface area contributed by atoms with Crippen molar-refractivity contribution in [2.75, 3.05) is 0 Å². The summed E-state index contributed by atoms with van der Waals surface area (Å²) in [6.45, 7) is 10.8. The number of nitrogens with zero attached hydrogens (tertiary/aromatic N) is 2. The number of hydrogen-bond acceptors (Lipinski definition) is 3. The molecule has 0 radical (unpaired) electrons. The maximum atomic E-state index is 13.0. The lowest BCUT2D eigenvalue weighted by Crippen LogP contribution is -2.37. The predicted octanol–water partition coefficient (Wildman–Crippen LogP) is 5.16. The molecule has 1 saturated carbocycles. The van der Waals surface area contributed by atoms with Crippen LogP contribution in [-0.2, 0) is 16.0 Å². The summed E-state index contributed by atoms with van der Waals surface area (Å²) in [6.07, 6.45) is 4.19. The van der Waals surface area contributed by atoms with Crippen molar-refractivity contribution in [1.82, 2.24) is 9.55 Å². The van der Waals surface area contributed by atoms with Crippen LogP contribution in [0.3, 0.4) is 0 Å². The van der Waals surface area contributed by atoms with Gasteiger partial charge in [-0.3, -0.25) is 0 Å². The van der Waals surface area contributed by atoms with Gasteiger partial charge >= 0.3 is 5.97 Å². The van der Waals surface area contributed by atoms with Gasteiger partial charge in [-0.25, -0.2) is 9.78 Å². The Hall–Kier alpha value is -1.84. The Morgan fingerprint density at radius 1 is 1.27 bits per heavy atom. The first kappa shape index (κ1) is 18.9. The summed E-state index contributed by atoms with van der Waals surface area (Å²) in [5.41, 5.74) is 1.95. The molecule has 0 aliphatic heterocycles. The molecule has 4 heteroatoms. The number of ether oxygens (including phenoxy) is 1. The number of fused-ring (bicyclic) bond motifs is 1. The number of esters is 1. The average Bonchev–Trinajstić information content (AvgIpc) is 2.99. The highest BCUT2D eigenvalue weighted by atomic mass is 16.5. The zero-order valence-electron chi connectivity index (χ0n) is 16.7. The van der Waals surface area contributed by atoms with Crippen molar-refractivity contribution < 1.29 is 9.53 Å². The van der Waals surface area contributed by atoms with E-state index >= 15 is 0 Å². The molecular weight excluding hydrogens is 324 g/mol. The molecule has 0 unspecified atom stereocenters. The first-order chi connectivity index (χ1) is 12.4. The van der Waals surface area contributed by atoms with E-state index in [0.717, 1.165) is 36.1 Å². The van der Waals surface area contributed by atoms with E-state index < -0.39 is 0 Å². The molecule has 142 valence electrons. The van der Waals surface area contributed by atoms with Crippen molar-refractivity contribution in [3.8, 4) is 0 Å². The van der Waals surface area contributed by atoms with Crippen LogP contribution in [0.5, 0.6) is 0 Å². The molecule has 1 fully saturated rings. The van der Waals surface area contributed by atoms with E-state index in [0.29, 0.717) is 17.8 Å². The maximum Gasteiger partial charge on any atom is 0.329 e. The molecule has 1 aromatic heterocycles. The highest BCUT2D eigenvalue weighted by Crippen LogP contribution is 2.36. The molecule has 1 heterocycles. The van der Waals surface area contributed by atoms with Gasteiger partial charge in [-0.1, -0.05) is 46.2 Å². The van der Waals surface area contributed by atoms with Crippen molar-refractivity contribution in [3.05, 3.63) is 30.1 Å². The normalized spacial score (nSPS) is 24.8. The fraction of sp³-hybridized carbons (Fsp3) is 0.636. The molecule has 26 heavy (non-hydrogen) atoms. The number of carbonyl (C=O) groups is 1. The summed E-state index contributed by atoms with van der Waals surface area (Å²) < 4.78 is 8.13. The van der Waals surface area contributed by atoms with Gasteiger partial charge in [0.05, 0.1) is 11.0 Å². The van der Waals surface area contributed by atoms with Crippen LogP contribution < -0.4 is 0 Å². The second-order valence-electron chi connectivity index (χ2n) is 8.22. The lowest BCUT2D eigenvalue weighted by Gasteiger charge is -2.37. The number of carbonyl (C=O) groups excluding carboxylic acids is 1. The lowest BCUT2D eigenvalue weighted by atomic mass is 9.75. The first-order valence-corrected chi connectivity index (χ1v) is 10.1. The molecular formula is C22H32N2O2. The van der Waals surface area contributed by atoms with E-state index in [4.69, 9.17) is 9.72 Å². The quantitative estimate of drug-likeness (QED) is 0.695. The van der Waals surface area contributed by atoms with Crippen LogP contribution in [0.25, 0.3) is 11.0 Å². The highest BCUT2D eigenvalue weighted by Gasteiger charge is 2.35. The van der Waals surface area contributed by atoms with E-state index in [1.165, 1.54) is 6.42 Å².